The van der Waals surface area contributed by atoms with Crippen LogP contribution >= 0.6 is 15.9 Å². The number of rotatable bonds is 6. The lowest BCUT2D eigenvalue weighted by Gasteiger charge is -2.08. The van der Waals surface area contributed by atoms with E-state index in [1.165, 1.54) is 12.8 Å². The molecule has 2 unspecified atom stereocenters. The molecular formula is C11H20BrN3. The van der Waals surface area contributed by atoms with E-state index in [1.54, 1.807) is 0 Å². The monoisotopic (exact) mass is 273 g/mol. The number of halogens is 1. The Morgan fingerprint density at radius 2 is 2.20 bits per heavy atom. The van der Waals surface area contributed by atoms with Crippen molar-refractivity contribution in [2.75, 3.05) is 0 Å². The second-order valence-electron chi connectivity index (χ2n) is 4.14. The van der Waals surface area contributed by atoms with Gasteiger partial charge in [0.05, 0.1) is 10.5 Å². The number of alkyl halides is 1. The summed E-state index contributed by atoms with van der Waals surface area (Å²) in [5.41, 5.74) is 1.04. The quantitative estimate of drug-likeness (QED) is 0.742. The number of hydrogen-bond acceptors (Lipinski definition) is 2. The molecule has 1 heterocycles. The minimum Gasteiger partial charge on any atom is -0.252 e. The summed E-state index contributed by atoms with van der Waals surface area (Å²) in [4.78, 5) is 0.340. The second-order valence-corrected chi connectivity index (χ2v) is 5.24. The fourth-order valence-corrected chi connectivity index (χ4v) is 1.87. The first-order chi connectivity index (χ1) is 7.17. The van der Waals surface area contributed by atoms with E-state index in [4.69, 9.17) is 0 Å². The zero-order chi connectivity index (χ0) is 11.3. The zero-order valence-electron chi connectivity index (χ0n) is 9.78. The molecule has 2 atom stereocenters. The van der Waals surface area contributed by atoms with Crippen LogP contribution in [-0.2, 0) is 6.54 Å². The molecular weight excluding hydrogens is 254 g/mol. The van der Waals surface area contributed by atoms with Crippen molar-refractivity contribution in [1.82, 2.24) is 15.0 Å². The molecule has 0 saturated carbocycles. The van der Waals surface area contributed by atoms with Crippen molar-refractivity contribution in [1.29, 1.82) is 0 Å². The molecule has 3 nitrogen and oxygen atoms in total. The Morgan fingerprint density at radius 1 is 1.47 bits per heavy atom. The molecule has 1 aromatic rings. The summed E-state index contributed by atoms with van der Waals surface area (Å²) in [5, 5.41) is 8.31. The molecule has 0 N–H and O–H groups in total. The van der Waals surface area contributed by atoms with Crippen molar-refractivity contribution in [2.45, 2.75) is 51.4 Å². The summed E-state index contributed by atoms with van der Waals surface area (Å²) in [6.07, 6.45) is 5.58. The molecule has 0 fully saturated rings. The summed E-state index contributed by atoms with van der Waals surface area (Å²) < 4.78 is 1.96. The van der Waals surface area contributed by atoms with Crippen LogP contribution in [0.1, 0.15) is 50.6 Å². The maximum Gasteiger partial charge on any atom is 0.0963 e. The Hall–Kier alpha value is -0.380. The summed E-state index contributed by atoms with van der Waals surface area (Å²) in [7, 11) is 0. The number of hydrogen-bond donors (Lipinski definition) is 0. The Bertz CT molecular complexity index is 285. The predicted octanol–water partition coefficient (Wildman–Crippen LogP) is 3.56. The first-order valence-electron chi connectivity index (χ1n) is 5.71. The normalized spacial score (nSPS) is 15.2. The van der Waals surface area contributed by atoms with Crippen LogP contribution in [0.15, 0.2) is 6.20 Å². The largest absolute Gasteiger partial charge is 0.252 e. The molecule has 0 bridgehead atoms. The predicted molar refractivity (Wildman–Crippen MR) is 66.1 cm³/mol. The highest BCUT2D eigenvalue weighted by Gasteiger charge is 2.10. The van der Waals surface area contributed by atoms with Crippen molar-refractivity contribution in [2.24, 2.45) is 5.92 Å². The van der Waals surface area contributed by atoms with Crippen molar-refractivity contribution >= 4 is 15.9 Å². The average Bonchev–Trinajstić information content (AvgIpc) is 2.65. The van der Waals surface area contributed by atoms with Gasteiger partial charge in [0.25, 0.3) is 0 Å². The second kappa shape index (κ2) is 6.26. The van der Waals surface area contributed by atoms with Crippen molar-refractivity contribution in [3.8, 4) is 0 Å². The van der Waals surface area contributed by atoms with Gasteiger partial charge in [-0.3, -0.25) is 4.68 Å². The lowest BCUT2D eigenvalue weighted by molar-refractivity contribution is 0.414. The molecule has 15 heavy (non-hydrogen) atoms. The van der Waals surface area contributed by atoms with Crippen molar-refractivity contribution in [3.63, 3.8) is 0 Å². The fourth-order valence-electron chi connectivity index (χ4n) is 1.66. The molecule has 86 valence electrons. The molecule has 0 spiro atoms. The van der Waals surface area contributed by atoms with Gasteiger partial charge >= 0.3 is 0 Å². The third-order valence-corrected chi connectivity index (χ3v) is 3.63. The van der Waals surface area contributed by atoms with Crippen LogP contribution in [0.25, 0.3) is 0 Å². The van der Waals surface area contributed by atoms with E-state index in [2.05, 4.69) is 53.2 Å². The van der Waals surface area contributed by atoms with Gasteiger partial charge in [0, 0.05) is 12.7 Å². The SMILES string of the molecule is CCCC(C)Cn1cc(C(Br)CC)nn1. The van der Waals surface area contributed by atoms with Gasteiger partial charge in [-0.2, -0.15) is 0 Å². The maximum absolute atomic E-state index is 4.17. The van der Waals surface area contributed by atoms with Crippen LogP contribution in [0.2, 0.25) is 0 Å². The zero-order valence-corrected chi connectivity index (χ0v) is 11.4. The van der Waals surface area contributed by atoms with Crippen LogP contribution in [0.4, 0.5) is 0 Å². The fraction of sp³-hybridized carbons (Fsp3) is 0.818. The minimum atomic E-state index is 0.340. The van der Waals surface area contributed by atoms with E-state index in [9.17, 15) is 0 Å². The lowest BCUT2D eigenvalue weighted by Crippen LogP contribution is -2.07. The molecule has 1 aromatic heterocycles. The Balaban J connectivity index is 2.52. The Kier molecular flexibility index (Phi) is 5.29. The van der Waals surface area contributed by atoms with E-state index < -0.39 is 0 Å². The highest BCUT2D eigenvalue weighted by molar-refractivity contribution is 9.09. The van der Waals surface area contributed by atoms with Crippen LogP contribution in [-0.4, -0.2) is 15.0 Å². The first-order valence-corrected chi connectivity index (χ1v) is 6.63. The Morgan fingerprint density at radius 3 is 2.80 bits per heavy atom. The molecule has 4 heteroatoms. The average molecular weight is 274 g/mol. The summed E-state index contributed by atoms with van der Waals surface area (Å²) in [6, 6.07) is 0. The van der Waals surface area contributed by atoms with Crippen molar-refractivity contribution in [3.05, 3.63) is 11.9 Å². The van der Waals surface area contributed by atoms with Gasteiger partial charge in [-0.05, 0) is 18.8 Å². The number of aromatic nitrogens is 3. The van der Waals surface area contributed by atoms with Gasteiger partial charge < -0.3 is 0 Å². The summed E-state index contributed by atoms with van der Waals surface area (Å²) >= 11 is 3.58. The number of nitrogens with zero attached hydrogens (tertiary/aromatic N) is 3. The van der Waals surface area contributed by atoms with Gasteiger partial charge in [-0.25, -0.2) is 0 Å². The van der Waals surface area contributed by atoms with E-state index in [-0.39, 0.29) is 0 Å². The van der Waals surface area contributed by atoms with Gasteiger partial charge in [0.15, 0.2) is 0 Å². The molecule has 0 aliphatic heterocycles. The molecule has 0 aliphatic rings. The highest BCUT2D eigenvalue weighted by atomic mass is 79.9. The summed E-state index contributed by atoms with van der Waals surface area (Å²) in [5.74, 6) is 0.681. The van der Waals surface area contributed by atoms with Gasteiger partial charge in [0.1, 0.15) is 0 Å². The first kappa shape index (κ1) is 12.7. The topological polar surface area (TPSA) is 30.7 Å². The standard InChI is InChI=1S/C11H20BrN3/c1-4-6-9(3)7-15-8-11(13-14-15)10(12)5-2/h8-10H,4-7H2,1-3H3. The lowest BCUT2D eigenvalue weighted by atomic mass is 10.1. The Labute approximate surface area is 100 Å². The van der Waals surface area contributed by atoms with E-state index in [0.29, 0.717) is 10.7 Å². The molecule has 1 rings (SSSR count). The molecule has 0 radical (unpaired) electrons. The van der Waals surface area contributed by atoms with Crippen molar-refractivity contribution < 1.29 is 0 Å². The smallest absolute Gasteiger partial charge is 0.0963 e. The van der Waals surface area contributed by atoms with Crippen LogP contribution < -0.4 is 0 Å². The van der Waals surface area contributed by atoms with E-state index in [0.717, 1.165) is 18.7 Å². The van der Waals surface area contributed by atoms with Crippen LogP contribution in [0.5, 0.6) is 0 Å². The highest BCUT2D eigenvalue weighted by Crippen LogP contribution is 2.23. The maximum atomic E-state index is 4.17. The van der Waals surface area contributed by atoms with Gasteiger partial charge in [0.2, 0.25) is 0 Å². The third kappa shape index (κ3) is 3.93. The third-order valence-electron chi connectivity index (χ3n) is 2.52. The van der Waals surface area contributed by atoms with Gasteiger partial charge in [-0.1, -0.05) is 48.3 Å². The van der Waals surface area contributed by atoms with E-state index in [1.807, 2.05) is 4.68 Å². The van der Waals surface area contributed by atoms with E-state index >= 15 is 0 Å². The summed E-state index contributed by atoms with van der Waals surface area (Å²) in [6.45, 7) is 7.59. The molecule has 0 saturated heterocycles. The molecule has 0 aliphatic carbocycles. The van der Waals surface area contributed by atoms with Crippen LogP contribution in [0, 0.1) is 5.92 Å². The molecule has 0 aromatic carbocycles. The minimum absolute atomic E-state index is 0.340. The molecule has 0 amide bonds. The van der Waals surface area contributed by atoms with Crippen LogP contribution in [0.3, 0.4) is 0 Å². The van der Waals surface area contributed by atoms with Gasteiger partial charge in [-0.15, -0.1) is 5.10 Å².